The van der Waals surface area contributed by atoms with Gasteiger partial charge in [0.1, 0.15) is 11.6 Å². The first-order valence-electron chi connectivity index (χ1n) is 7.47. The Morgan fingerprint density at radius 1 is 1.21 bits per heavy atom. The van der Waals surface area contributed by atoms with Crippen molar-refractivity contribution >= 4 is 17.7 Å². The summed E-state index contributed by atoms with van der Waals surface area (Å²) in [6, 6.07) is 16.1. The Kier molecular flexibility index (Phi) is 5.98. The second-order valence-electron chi connectivity index (χ2n) is 4.83. The molecule has 0 heterocycles. The van der Waals surface area contributed by atoms with Crippen LogP contribution >= 0.6 is 0 Å². The van der Waals surface area contributed by atoms with Gasteiger partial charge in [-0.15, -0.1) is 0 Å². The van der Waals surface area contributed by atoms with Gasteiger partial charge in [0.05, 0.1) is 13.7 Å². The molecule has 0 saturated carbocycles. The topological polar surface area (TPSA) is 71.3 Å². The van der Waals surface area contributed by atoms with Crippen molar-refractivity contribution in [1.82, 2.24) is 0 Å². The molecule has 0 radical (unpaired) electrons. The number of nitriles is 1. The predicted molar refractivity (Wildman–Crippen MR) is 92.8 cm³/mol. The summed E-state index contributed by atoms with van der Waals surface area (Å²) in [6.45, 7) is 2.41. The third kappa shape index (κ3) is 4.37. The van der Waals surface area contributed by atoms with Gasteiger partial charge in [-0.3, -0.25) is 4.79 Å². The number of rotatable bonds is 6. The molecule has 0 unspecified atom stereocenters. The fraction of sp³-hybridized carbons (Fsp3) is 0.158. The lowest BCUT2D eigenvalue weighted by atomic mass is 10.1. The van der Waals surface area contributed by atoms with Gasteiger partial charge in [0.25, 0.3) is 5.91 Å². The van der Waals surface area contributed by atoms with Crippen molar-refractivity contribution in [2.24, 2.45) is 0 Å². The van der Waals surface area contributed by atoms with Gasteiger partial charge in [0.2, 0.25) is 0 Å². The molecule has 122 valence electrons. The van der Waals surface area contributed by atoms with E-state index in [0.29, 0.717) is 29.4 Å². The minimum atomic E-state index is -0.462. The second-order valence-corrected chi connectivity index (χ2v) is 4.83. The van der Waals surface area contributed by atoms with Gasteiger partial charge in [0, 0.05) is 5.69 Å². The molecule has 0 aliphatic heterocycles. The van der Waals surface area contributed by atoms with E-state index in [9.17, 15) is 10.1 Å². The lowest BCUT2D eigenvalue weighted by Crippen LogP contribution is -2.13. The Balaban J connectivity index is 2.23. The SMILES string of the molecule is CCOc1ccc(C=C(C#N)C(=O)Nc2ccccc2)cc1OC. The fourth-order valence-corrected chi connectivity index (χ4v) is 2.08. The summed E-state index contributed by atoms with van der Waals surface area (Å²) in [5.74, 6) is 0.701. The second kappa shape index (κ2) is 8.39. The fourth-order valence-electron chi connectivity index (χ4n) is 2.08. The normalized spacial score (nSPS) is 10.6. The molecular weight excluding hydrogens is 304 g/mol. The number of nitrogens with zero attached hydrogens (tertiary/aromatic N) is 1. The van der Waals surface area contributed by atoms with Gasteiger partial charge >= 0.3 is 0 Å². The van der Waals surface area contributed by atoms with Crippen LogP contribution in [0.1, 0.15) is 12.5 Å². The van der Waals surface area contributed by atoms with Crippen molar-refractivity contribution in [3.8, 4) is 17.6 Å². The number of hydrogen-bond acceptors (Lipinski definition) is 4. The lowest BCUT2D eigenvalue weighted by molar-refractivity contribution is -0.112. The summed E-state index contributed by atoms with van der Waals surface area (Å²) in [4.78, 5) is 12.2. The number of nitrogens with one attached hydrogen (secondary N) is 1. The summed E-state index contributed by atoms with van der Waals surface area (Å²) >= 11 is 0. The van der Waals surface area contributed by atoms with E-state index in [1.165, 1.54) is 6.08 Å². The van der Waals surface area contributed by atoms with E-state index in [-0.39, 0.29) is 5.57 Å². The maximum absolute atomic E-state index is 12.2. The summed E-state index contributed by atoms with van der Waals surface area (Å²) in [5.41, 5.74) is 1.31. The molecule has 2 rings (SSSR count). The van der Waals surface area contributed by atoms with Gasteiger partial charge in [-0.05, 0) is 42.8 Å². The smallest absolute Gasteiger partial charge is 0.266 e. The molecule has 0 bridgehead atoms. The number of anilines is 1. The van der Waals surface area contributed by atoms with Crippen LogP contribution in [0, 0.1) is 11.3 Å². The molecule has 0 saturated heterocycles. The largest absolute Gasteiger partial charge is 0.493 e. The lowest BCUT2D eigenvalue weighted by Gasteiger charge is -2.10. The molecular formula is C19H18N2O3. The van der Waals surface area contributed by atoms with Crippen LogP contribution < -0.4 is 14.8 Å². The summed E-state index contributed by atoms with van der Waals surface area (Å²) in [6.07, 6.45) is 1.51. The Morgan fingerprint density at radius 2 is 1.96 bits per heavy atom. The average molecular weight is 322 g/mol. The highest BCUT2D eigenvalue weighted by Crippen LogP contribution is 2.29. The molecule has 5 nitrogen and oxygen atoms in total. The van der Waals surface area contributed by atoms with Gasteiger partial charge in [-0.25, -0.2) is 0 Å². The number of hydrogen-bond donors (Lipinski definition) is 1. The molecule has 0 atom stereocenters. The highest BCUT2D eigenvalue weighted by Gasteiger charge is 2.11. The van der Waals surface area contributed by atoms with Crippen LogP contribution in [0.15, 0.2) is 54.1 Å². The zero-order valence-corrected chi connectivity index (χ0v) is 13.6. The van der Waals surface area contributed by atoms with E-state index in [2.05, 4.69) is 5.32 Å². The number of amides is 1. The van der Waals surface area contributed by atoms with Crippen molar-refractivity contribution in [2.75, 3.05) is 19.0 Å². The number of para-hydroxylation sites is 1. The van der Waals surface area contributed by atoms with Gasteiger partial charge in [-0.1, -0.05) is 24.3 Å². The first kappa shape index (κ1) is 17.1. The molecule has 24 heavy (non-hydrogen) atoms. The summed E-state index contributed by atoms with van der Waals surface area (Å²) in [5, 5.41) is 12.0. The molecule has 2 aromatic carbocycles. The van der Waals surface area contributed by atoms with Gasteiger partial charge in [-0.2, -0.15) is 5.26 Å². The van der Waals surface area contributed by atoms with Crippen molar-refractivity contribution in [2.45, 2.75) is 6.92 Å². The van der Waals surface area contributed by atoms with E-state index < -0.39 is 5.91 Å². The molecule has 2 aromatic rings. The highest BCUT2D eigenvalue weighted by atomic mass is 16.5. The molecule has 0 aromatic heterocycles. The predicted octanol–water partition coefficient (Wildman–Crippen LogP) is 3.64. The van der Waals surface area contributed by atoms with Crippen molar-refractivity contribution in [3.63, 3.8) is 0 Å². The minimum absolute atomic E-state index is 0.00469. The maximum atomic E-state index is 12.2. The minimum Gasteiger partial charge on any atom is -0.493 e. The van der Waals surface area contributed by atoms with Crippen LogP contribution in [-0.4, -0.2) is 19.6 Å². The zero-order valence-electron chi connectivity index (χ0n) is 13.6. The maximum Gasteiger partial charge on any atom is 0.266 e. The molecule has 1 N–H and O–H groups in total. The first-order chi connectivity index (χ1) is 11.7. The van der Waals surface area contributed by atoms with Crippen LogP contribution in [0.2, 0.25) is 0 Å². The van der Waals surface area contributed by atoms with E-state index in [1.54, 1.807) is 37.4 Å². The van der Waals surface area contributed by atoms with E-state index >= 15 is 0 Å². The van der Waals surface area contributed by atoms with E-state index in [0.717, 1.165) is 0 Å². The van der Waals surface area contributed by atoms with Crippen LogP contribution in [0.5, 0.6) is 11.5 Å². The third-order valence-electron chi connectivity index (χ3n) is 3.20. The number of carbonyl (C=O) groups is 1. The quantitative estimate of drug-likeness (QED) is 0.651. The molecule has 5 heteroatoms. The molecule has 0 spiro atoms. The van der Waals surface area contributed by atoms with Crippen molar-refractivity contribution in [1.29, 1.82) is 5.26 Å². The highest BCUT2D eigenvalue weighted by molar-refractivity contribution is 6.09. The van der Waals surface area contributed by atoms with Gasteiger partial charge in [0.15, 0.2) is 11.5 Å². The number of ether oxygens (including phenoxy) is 2. The summed E-state index contributed by atoms with van der Waals surface area (Å²) < 4.78 is 10.7. The number of benzene rings is 2. The molecule has 0 aliphatic carbocycles. The van der Waals surface area contributed by atoms with Crippen LogP contribution in [-0.2, 0) is 4.79 Å². The monoisotopic (exact) mass is 322 g/mol. The van der Waals surface area contributed by atoms with Crippen LogP contribution in [0.25, 0.3) is 6.08 Å². The average Bonchev–Trinajstić information content (AvgIpc) is 2.61. The van der Waals surface area contributed by atoms with Crippen molar-refractivity contribution in [3.05, 3.63) is 59.7 Å². The van der Waals surface area contributed by atoms with Crippen LogP contribution in [0.4, 0.5) is 5.69 Å². The molecule has 1 amide bonds. The van der Waals surface area contributed by atoms with Crippen LogP contribution in [0.3, 0.4) is 0 Å². The standard InChI is InChI=1S/C19H18N2O3/c1-3-24-17-10-9-14(12-18(17)23-2)11-15(13-20)19(22)21-16-7-5-4-6-8-16/h4-12H,3H2,1-2H3,(H,21,22). The van der Waals surface area contributed by atoms with E-state index in [1.807, 2.05) is 31.2 Å². The van der Waals surface area contributed by atoms with Crippen molar-refractivity contribution < 1.29 is 14.3 Å². The van der Waals surface area contributed by atoms with E-state index in [4.69, 9.17) is 9.47 Å². The number of carbonyl (C=O) groups excluding carboxylic acids is 1. The Hall–Kier alpha value is -3.26. The first-order valence-corrected chi connectivity index (χ1v) is 7.47. The number of methoxy groups -OCH3 is 1. The molecule has 0 fully saturated rings. The summed E-state index contributed by atoms with van der Waals surface area (Å²) in [7, 11) is 1.54. The zero-order chi connectivity index (χ0) is 17.4. The molecule has 0 aliphatic rings. The van der Waals surface area contributed by atoms with Gasteiger partial charge < -0.3 is 14.8 Å². The Bertz CT molecular complexity index is 777. The Labute approximate surface area is 141 Å². The third-order valence-corrected chi connectivity index (χ3v) is 3.20. The Morgan fingerprint density at radius 3 is 2.58 bits per heavy atom.